The second-order valence-electron chi connectivity index (χ2n) is 6.36. The van der Waals surface area contributed by atoms with E-state index in [0.717, 1.165) is 28.8 Å². The molecule has 0 atom stereocenters. The molecule has 0 bridgehead atoms. The third-order valence-corrected chi connectivity index (χ3v) is 4.19. The Hall–Kier alpha value is -2.82. The van der Waals surface area contributed by atoms with Crippen LogP contribution in [0.5, 0.6) is 0 Å². The van der Waals surface area contributed by atoms with Gasteiger partial charge in [-0.3, -0.25) is 9.59 Å². The molecule has 0 aliphatic carbocycles. The molecule has 0 spiro atoms. The second-order valence-corrected chi connectivity index (χ2v) is 6.36. The van der Waals surface area contributed by atoms with E-state index < -0.39 is 0 Å². The number of aromatic nitrogens is 1. The lowest BCUT2D eigenvalue weighted by Crippen LogP contribution is -2.28. The molecule has 0 saturated heterocycles. The summed E-state index contributed by atoms with van der Waals surface area (Å²) in [6.45, 7) is 8.38. The van der Waals surface area contributed by atoms with E-state index in [1.54, 1.807) is 12.3 Å². The van der Waals surface area contributed by atoms with Crippen molar-refractivity contribution in [1.29, 1.82) is 0 Å². The Kier molecular flexibility index (Phi) is 6.78. The summed E-state index contributed by atoms with van der Waals surface area (Å²) >= 11 is 0. The first-order chi connectivity index (χ1) is 12.4. The average molecular weight is 354 g/mol. The highest BCUT2D eigenvalue weighted by Crippen LogP contribution is 2.13. The number of carbonyl (C=O) groups is 1. The zero-order valence-electron chi connectivity index (χ0n) is 15.8. The summed E-state index contributed by atoms with van der Waals surface area (Å²) in [6, 6.07) is 7.41. The van der Waals surface area contributed by atoms with E-state index in [1.165, 1.54) is 0 Å². The lowest BCUT2D eigenvalue weighted by molar-refractivity contribution is 0.0950. The van der Waals surface area contributed by atoms with Gasteiger partial charge in [-0.15, -0.1) is 0 Å². The minimum absolute atomic E-state index is 0.161. The maximum Gasteiger partial charge on any atom is 0.253 e. The van der Waals surface area contributed by atoms with Gasteiger partial charge in [0.05, 0.1) is 6.26 Å². The third kappa shape index (κ3) is 5.09. The van der Waals surface area contributed by atoms with Crippen LogP contribution in [-0.4, -0.2) is 10.9 Å². The van der Waals surface area contributed by atoms with E-state index in [1.807, 2.05) is 52.0 Å². The fourth-order valence-electron chi connectivity index (χ4n) is 2.67. The van der Waals surface area contributed by atoms with E-state index in [2.05, 4.69) is 10.3 Å². The summed E-state index contributed by atoms with van der Waals surface area (Å²) in [4.78, 5) is 27.2. The van der Waals surface area contributed by atoms with Crippen LogP contribution in [0, 0.1) is 20.8 Å². The van der Waals surface area contributed by atoms with Crippen molar-refractivity contribution in [2.75, 3.05) is 0 Å². The highest BCUT2D eigenvalue weighted by atomic mass is 16.5. The van der Waals surface area contributed by atoms with Gasteiger partial charge >= 0.3 is 0 Å². The largest absolute Gasteiger partial charge is 0.497 e. The zero-order chi connectivity index (χ0) is 19.1. The van der Waals surface area contributed by atoms with E-state index in [-0.39, 0.29) is 18.0 Å². The number of benzene rings is 1. The number of aromatic amines is 1. The first kappa shape index (κ1) is 19.5. The van der Waals surface area contributed by atoms with Crippen molar-refractivity contribution in [3.05, 3.63) is 80.5 Å². The molecule has 0 radical (unpaired) electrons. The van der Waals surface area contributed by atoms with Crippen molar-refractivity contribution in [1.82, 2.24) is 10.3 Å². The van der Waals surface area contributed by atoms with Crippen LogP contribution in [-0.2, 0) is 17.9 Å². The fourth-order valence-corrected chi connectivity index (χ4v) is 2.67. The molecule has 2 rings (SSSR count). The Morgan fingerprint density at radius 3 is 2.62 bits per heavy atom. The van der Waals surface area contributed by atoms with Crippen LogP contribution >= 0.6 is 0 Å². The molecule has 138 valence electrons. The fraction of sp³-hybridized carbons (Fsp3) is 0.333. The van der Waals surface area contributed by atoms with Crippen molar-refractivity contribution in [2.45, 2.75) is 47.3 Å². The molecule has 0 aliphatic heterocycles. The van der Waals surface area contributed by atoms with Crippen molar-refractivity contribution in [3.63, 3.8) is 0 Å². The number of nitrogens with one attached hydrogen (secondary N) is 2. The predicted octanol–water partition coefficient (Wildman–Crippen LogP) is 3.67. The minimum Gasteiger partial charge on any atom is -0.497 e. The number of rotatable bonds is 7. The minimum atomic E-state index is -0.203. The summed E-state index contributed by atoms with van der Waals surface area (Å²) in [5.74, 6) is -0.203. The molecule has 1 aromatic carbocycles. The van der Waals surface area contributed by atoms with Crippen LogP contribution in [0.15, 0.2) is 41.4 Å². The number of H-pyrrole nitrogens is 1. The van der Waals surface area contributed by atoms with Crippen molar-refractivity contribution >= 4 is 5.91 Å². The molecule has 26 heavy (non-hydrogen) atoms. The highest BCUT2D eigenvalue weighted by Gasteiger charge is 2.10. The third-order valence-electron chi connectivity index (χ3n) is 4.19. The van der Waals surface area contributed by atoms with Crippen molar-refractivity contribution in [3.8, 4) is 0 Å². The van der Waals surface area contributed by atoms with Crippen LogP contribution in [0.3, 0.4) is 0 Å². The summed E-state index contributed by atoms with van der Waals surface area (Å²) in [5.41, 5.74) is 4.69. The van der Waals surface area contributed by atoms with E-state index in [0.29, 0.717) is 17.7 Å². The van der Waals surface area contributed by atoms with Gasteiger partial charge in [0, 0.05) is 23.4 Å². The van der Waals surface area contributed by atoms with Gasteiger partial charge in [0.1, 0.15) is 6.61 Å². The molecule has 2 aromatic rings. The lowest BCUT2D eigenvalue weighted by Gasteiger charge is -2.10. The molecule has 1 amide bonds. The lowest BCUT2D eigenvalue weighted by atomic mass is 10.0. The maximum atomic E-state index is 12.4. The first-order valence-corrected chi connectivity index (χ1v) is 8.76. The SMILES string of the molecule is CC/C=C/OCc1ccc(C(=O)NCc2c(C)cc(C)[nH]c2=O)cc1C. The quantitative estimate of drug-likeness (QED) is 0.745. The predicted molar refractivity (Wildman–Crippen MR) is 103 cm³/mol. The normalized spacial score (nSPS) is 10.9. The summed E-state index contributed by atoms with van der Waals surface area (Å²) in [7, 11) is 0. The molecule has 0 aliphatic rings. The van der Waals surface area contributed by atoms with E-state index >= 15 is 0 Å². The van der Waals surface area contributed by atoms with Crippen LogP contribution in [0.1, 0.15) is 51.7 Å². The number of hydrogen-bond acceptors (Lipinski definition) is 3. The Balaban J connectivity index is 2.03. The molecule has 5 heteroatoms. The number of aryl methyl sites for hydroxylation is 3. The Labute approximate surface area is 154 Å². The van der Waals surface area contributed by atoms with Gasteiger partial charge in [-0.05, 0) is 62.1 Å². The molecular formula is C21H26N2O3. The number of allylic oxidation sites excluding steroid dienone is 1. The zero-order valence-corrected chi connectivity index (χ0v) is 15.8. The van der Waals surface area contributed by atoms with Gasteiger partial charge in [-0.2, -0.15) is 0 Å². The van der Waals surface area contributed by atoms with Crippen LogP contribution < -0.4 is 10.9 Å². The molecule has 2 N–H and O–H groups in total. The molecule has 5 nitrogen and oxygen atoms in total. The Morgan fingerprint density at radius 1 is 1.19 bits per heavy atom. The number of carbonyl (C=O) groups excluding carboxylic acids is 1. The average Bonchev–Trinajstić information content (AvgIpc) is 2.58. The number of pyridine rings is 1. The summed E-state index contributed by atoms with van der Waals surface area (Å²) < 4.78 is 5.46. The maximum absolute atomic E-state index is 12.4. The van der Waals surface area contributed by atoms with Crippen LogP contribution in [0.4, 0.5) is 0 Å². The van der Waals surface area contributed by atoms with Gasteiger partial charge in [-0.1, -0.05) is 19.1 Å². The van der Waals surface area contributed by atoms with Gasteiger partial charge in [0.15, 0.2) is 0 Å². The van der Waals surface area contributed by atoms with Crippen molar-refractivity contribution < 1.29 is 9.53 Å². The molecule has 1 aromatic heterocycles. The highest BCUT2D eigenvalue weighted by molar-refractivity contribution is 5.94. The molecule has 1 heterocycles. The summed E-state index contributed by atoms with van der Waals surface area (Å²) in [6.07, 6.45) is 4.58. The monoisotopic (exact) mass is 354 g/mol. The Bertz CT molecular complexity index is 866. The van der Waals surface area contributed by atoms with Crippen molar-refractivity contribution in [2.24, 2.45) is 0 Å². The second kappa shape index (κ2) is 9.04. The molecule has 0 fully saturated rings. The molecule has 0 saturated carbocycles. The first-order valence-electron chi connectivity index (χ1n) is 8.76. The topological polar surface area (TPSA) is 71.2 Å². The van der Waals surface area contributed by atoms with Gasteiger partial charge in [0.2, 0.25) is 0 Å². The molecule has 0 unspecified atom stereocenters. The number of hydrogen-bond donors (Lipinski definition) is 2. The van der Waals surface area contributed by atoms with Crippen LogP contribution in [0.25, 0.3) is 0 Å². The Morgan fingerprint density at radius 2 is 1.96 bits per heavy atom. The van der Waals surface area contributed by atoms with Gasteiger partial charge < -0.3 is 15.0 Å². The standard InChI is InChI=1S/C21H26N2O3/c1-5-6-9-26-13-18-8-7-17(11-14(18)2)20(24)22-12-19-15(3)10-16(4)23-21(19)25/h6-11H,5,12-13H2,1-4H3,(H,22,24)(H,23,25)/b9-6+. The van der Waals surface area contributed by atoms with E-state index in [4.69, 9.17) is 4.74 Å². The number of ether oxygens (including phenoxy) is 1. The summed E-state index contributed by atoms with van der Waals surface area (Å²) in [5, 5.41) is 2.82. The van der Waals surface area contributed by atoms with Crippen LogP contribution in [0.2, 0.25) is 0 Å². The number of amides is 1. The smallest absolute Gasteiger partial charge is 0.253 e. The van der Waals surface area contributed by atoms with Gasteiger partial charge in [0.25, 0.3) is 11.5 Å². The molecular weight excluding hydrogens is 328 g/mol. The van der Waals surface area contributed by atoms with Gasteiger partial charge in [-0.25, -0.2) is 0 Å². The van der Waals surface area contributed by atoms with E-state index in [9.17, 15) is 9.59 Å².